The summed E-state index contributed by atoms with van der Waals surface area (Å²) >= 11 is 0. The first-order valence-electron chi connectivity index (χ1n) is 6.85. The molecule has 0 aromatic heterocycles. The van der Waals surface area contributed by atoms with E-state index < -0.39 is 0 Å². The SMILES string of the molecule is CCCNC(=O)/C(C#N)=C\N(CC)c1cccc(C)c1. The van der Waals surface area contributed by atoms with Gasteiger partial charge in [-0.3, -0.25) is 4.79 Å². The van der Waals surface area contributed by atoms with Crippen molar-refractivity contribution in [2.75, 3.05) is 18.0 Å². The number of hydrogen-bond donors (Lipinski definition) is 1. The number of carbonyl (C=O) groups is 1. The van der Waals surface area contributed by atoms with Gasteiger partial charge in [-0.25, -0.2) is 0 Å². The maximum Gasteiger partial charge on any atom is 0.263 e. The third-order valence-electron chi connectivity index (χ3n) is 2.86. The number of anilines is 1. The second-order valence-corrected chi connectivity index (χ2v) is 4.54. The van der Waals surface area contributed by atoms with Crippen molar-refractivity contribution in [2.24, 2.45) is 0 Å². The molecule has 4 heteroatoms. The molecule has 4 nitrogen and oxygen atoms in total. The Morgan fingerprint density at radius 1 is 1.45 bits per heavy atom. The molecule has 1 N–H and O–H groups in total. The van der Waals surface area contributed by atoms with Gasteiger partial charge in [-0.15, -0.1) is 0 Å². The van der Waals surface area contributed by atoms with Gasteiger partial charge in [0.1, 0.15) is 11.6 Å². The van der Waals surface area contributed by atoms with E-state index in [1.807, 2.05) is 56.0 Å². The van der Waals surface area contributed by atoms with Crippen LogP contribution in [0.25, 0.3) is 0 Å². The summed E-state index contributed by atoms with van der Waals surface area (Å²) in [5.41, 5.74) is 2.24. The quantitative estimate of drug-likeness (QED) is 0.639. The van der Waals surface area contributed by atoms with Crippen LogP contribution in [0.5, 0.6) is 0 Å². The first-order valence-corrected chi connectivity index (χ1v) is 6.85. The van der Waals surface area contributed by atoms with Crippen molar-refractivity contribution in [3.8, 4) is 6.07 Å². The highest BCUT2D eigenvalue weighted by Gasteiger charge is 2.10. The summed E-state index contributed by atoms with van der Waals surface area (Å²) in [5, 5.41) is 11.9. The Balaban J connectivity index is 2.96. The van der Waals surface area contributed by atoms with E-state index in [1.165, 1.54) is 0 Å². The minimum absolute atomic E-state index is 0.127. The average molecular weight is 271 g/mol. The fourth-order valence-corrected chi connectivity index (χ4v) is 1.78. The summed E-state index contributed by atoms with van der Waals surface area (Å²) in [6.07, 6.45) is 2.46. The third-order valence-corrected chi connectivity index (χ3v) is 2.86. The number of nitriles is 1. The molecule has 106 valence electrons. The molecule has 0 heterocycles. The molecule has 1 aromatic rings. The topological polar surface area (TPSA) is 56.1 Å². The number of benzene rings is 1. The van der Waals surface area contributed by atoms with Crippen LogP contribution in [0.3, 0.4) is 0 Å². The second-order valence-electron chi connectivity index (χ2n) is 4.54. The highest BCUT2D eigenvalue weighted by molar-refractivity contribution is 5.97. The molecule has 1 aromatic carbocycles. The van der Waals surface area contributed by atoms with Gasteiger partial charge in [-0.1, -0.05) is 19.1 Å². The number of nitrogens with zero attached hydrogens (tertiary/aromatic N) is 2. The summed E-state index contributed by atoms with van der Waals surface area (Å²) in [4.78, 5) is 13.8. The number of hydrogen-bond acceptors (Lipinski definition) is 3. The van der Waals surface area contributed by atoms with Crippen molar-refractivity contribution in [2.45, 2.75) is 27.2 Å². The lowest BCUT2D eigenvalue weighted by molar-refractivity contribution is -0.117. The van der Waals surface area contributed by atoms with Crippen LogP contribution in [0.2, 0.25) is 0 Å². The summed E-state index contributed by atoms with van der Waals surface area (Å²) in [6, 6.07) is 9.94. The number of nitrogens with one attached hydrogen (secondary N) is 1. The molecule has 1 amide bonds. The monoisotopic (exact) mass is 271 g/mol. The predicted octanol–water partition coefficient (Wildman–Crippen LogP) is 2.76. The van der Waals surface area contributed by atoms with Crippen LogP contribution in [0.1, 0.15) is 25.8 Å². The lowest BCUT2D eigenvalue weighted by Gasteiger charge is -2.19. The van der Waals surface area contributed by atoms with Gasteiger partial charge in [-0.05, 0) is 38.0 Å². The maximum absolute atomic E-state index is 11.9. The minimum atomic E-state index is -0.319. The van der Waals surface area contributed by atoms with Crippen molar-refractivity contribution in [3.63, 3.8) is 0 Å². The minimum Gasteiger partial charge on any atom is -0.351 e. The molecule has 0 aliphatic rings. The van der Waals surface area contributed by atoms with E-state index in [-0.39, 0.29) is 11.5 Å². The van der Waals surface area contributed by atoms with Gasteiger partial charge >= 0.3 is 0 Å². The molecule has 0 bridgehead atoms. The standard InChI is InChI=1S/C16H21N3O/c1-4-9-18-16(20)14(11-17)12-19(5-2)15-8-6-7-13(3)10-15/h6-8,10,12H,4-5,9H2,1-3H3,(H,18,20)/b14-12-. The van der Waals surface area contributed by atoms with Crippen LogP contribution in [0, 0.1) is 18.3 Å². The van der Waals surface area contributed by atoms with Crippen LogP contribution < -0.4 is 10.2 Å². The predicted molar refractivity (Wildman–Crippen MR) is 81.2 cm³/mol. The summed E-state index contributed by atoms with van der Waals surface area (Å²) in [6.45, 7) is 7.24. The number of carbonyl (C=O) groups excluding carboxylic acids is 1. The van der Waals surface area contributed by atoms with E-state index in [2.05, 4.69) is 5.32 Å². The molecule has 0 saturated carbocycles. The van der Waals surface area contributed by atoms with Crippen LogP contribution in [0.15, 0.2) is 36.0 Å². The van der Waals surface area contributed by atoms with Gasteiger partial charge in [0, 0.05) is 25.0 Å². The van der Waals surface area contributed by atoms with Gasteiger partial charge in [0.15, 0.2) is 0 Å². The third kappa shape index (κ3) is 4.43. The maximum atomic E-state index is 11.9. The summed E-state index contributed by atoms with van der Waals surface area (Å²) in [5.74, 6) is -0.319. The average Bonchev–Trinajstić information content (AvgIpc) is 2.46. The zero-order chi connectivity index (χ0) is 15.0. The largest absolute Gasteiger partial charge is 0.351 e. The van der Waals surface area contributed by atoms with Gasteiger partial charge in [-0.2, -0.15) is 5.26 Å². The molecule has 0 atom stereocenters. The Morgan fingerprint density at radius 2 is 2.20 bits per heavy atom. The number of rotatable bonds is 6. The van der Waals surface area contributed by atoms with Crippen molar-refractivity contribution >= 4 is 11.6 Å². The van der Waals surface area contributed by atoms with E-state index >= 15 is 0 Å². The van der Waals surface area contributed by atoms with Crippen LogP contribution in [-0.4, -0.2) is 19.0 Å². The molecular formula is C16H21N3O. The highest BCUT2D eigenvalue weighted by atomic mass is 16.1. The van der Waals surface area contributed by atoms with E-state index in [9.17, 15) is 4.79 Å². The van der Waals surface area contributed by atoms with Crippen molar-refractivity contribution < 1.29 is 4.79 Å². The van der Waals surface area contributed by atoms with Gasteiger partial charge in [0.2, 0.25) is 0 Å². The zero-order valence-electron chi connectivity index (χ0n) is 12.3. The summed E-state index contributed by atoms with van der Waals surface area (Å²) < 4.78 is 0. The molecule has 0 aliphatic carbocycles. The molecule has 0 spiro atoms. The van der Waals surface area contributed by atoms with Crippen molar-refractivity contribution in [1.29, 1.82) is 5.26 Å². The second kappa shape index (κ2) is 8.00. The van der Waals surface area contributed by atoms with Crippen molar-refractivity contribution in [3.05, 3.63) is 41.6 Å². The normalized spacial score (nSPS) is 10.8. The van der Waals surface area contributed by atoms with Gasteiger partial charge in [0.25, 0.3) is 5.91 Å². The van der Waals surface area contributed by atoms with Crippen LogP contribution in [-0.2, 0) is 4.79 Å². The first-order chi connectivity index (χ1) is 9.62. The smallest absolute Gasteiger partial charge is 0.263 e. The fraction of sp³-hybridized carbons (Fsp3) is 0.375. The van der Waals surface area contributed by atoms with E-state index in [4.69, 9.17) is 5.26 Å². The Labute approximate surface area is 120 Å². The Kier molecular flexibility index (Phi) is 6.31. The first kappa shape index (κ1) is 15.8. The van der Waals surface area contributed by atoms with E-state index in [1.54, 1.807) is 6.20 Å². The molecule has 0 fully saturated rings. The van der Waals surface area contributed by atoms with Gasteiger partial charge in [0.05, 0.1) is 0 Å². The molecule has 0 saturated heterocycles. The van der Waals surface area contributed by atoms with E-state index in [0.717, 1.165) is 17.7 Å². The Bertz CT molecular complexity index is 529. The van der Waals surface area contributed by atoms with Crippen LogP contribution in [0.4, 0.5) is 5.69 Å². The Morgan fingerprint density at radius 3 is 2.75 bits per heavy atom. The number of amides is 1. The van der Waals surface area contributed by atoms with Crippen LogP contribution >= 0.6 is 0 Å². The highest BCUT2D eigenvalue weighted by Crippen LogP contribution is 2.17. The molecule has 0 radical (unpaired) electrons. The fourth-order valence-electron chi connectivity index (χ4n) is 1.78. The molecule has 0 aliphatic heterocycles. The molecule has 1 rings (SSSR count). The Hall–Kier alpha value is -2.28. The van der Waals surface area contributed by atoms with Crippen molar-refractivity contribution in [1.82, 2.24) is 5.32 Å². The van der Waals surface area contributed by atoms with E-state index in [0.29, 0.717) is 13.1 Å². The lowest BCUT2D eigenvalue weighted by Crippen LogP contribution is -2.27. The lowest BCUT2D eigenvalue weighted by atomic mass is 10.2. The van der Waals surface area contributed by atoms with Gasteiger partial charge < -0.3 is 10.2 Å². The summed E-state index contributed by atoms with van der Waals surface area (Å²) in [7, 11) is 0. The number of aryl methyl sites for hydroxylation is 1. The molecule has 20 heavy (non-hydrogen) atoms. The zero-order valence-corrected chi connectivity index (χ0v) is 12.3. The molecule has 0 unspecified atom stereocenters. The molecular weight excluding hydrogens is 250 g/mol.